The molecule has 0 spiro atoms. The number of rotatable bonds is 14. The van der Waals surface area contributed by atoms with Crippen LogP contribution in [0.4, 0.5) is 0 Å². The third kappa shape index (κ3) is 11.2. The Morgan fingerprint density at radius 2 is 1.09 bits per heavy atom. The van der Waals surface area contributed by atoms with Crippen LogP contribution < -0.4 is 26.3 Å². The van der Waals surface area contributed by atoms with Crippen molar-refractivity contribution in [2.24, 2.45) is 11.8 Å². The molecule has 2 N–H and O–H groups in total. The predicted octanol–water partition coefficient (Wildman–Crippen LogP) is 6.47. The Bertz CT molecular complexity index is 3880. The van der Waals surface area contributed by atoms with E-state index >= 15 is 0 Å². The van der Waals surface area contributed by atoms with Gasteiger partial charge in [0.25, 0.3) is 0 Å². The Morgan fingerprint density at radius 3 is 1.56 bits per heavy atom. The van der Waals surface area contributed by atoms with E-state index in [2.05, 4.69) is 35.9 Å². The molecule has 396 valence electrons. The van der Waals surface area contributed by atoms with Crippen molar-refractivity contribution in [2.45, 2.75) is 63.7 Å². The molecule has 4 fully saturated rings. The molecule has 2 saturated carbocycles. The third-order valence-electron chi connectivity index (χ3n) is 14.3. The van der Waals surface area contributed by atoms with Crippen molar-refractivity contribution >= 4 is 72.4 Å². The number of fused-ring (bicyclic) bond motifs is 4. The number of nitrogens with zero attached hydrogens (tertiary/aromatic N) is 12. The molecular formula is C56H54BBrN12O8. The molecule has 14 rings (SSSR count). The van der Waals surface area contributed by atoms with Crippen molar-refractivity contribution in [2.75, 3.05) is 39.6 Å². The lowest BCUT2D eigenvalue weighted by atomic mass is 9.82. The van der Waals surface area contributed by atoms with Gasteiger partial charge in [0.1, 0.15) is 0 Å². The minimum Gasteiger partial charge on any atom is -0.477 e. The zero-order valence-corrected chi connectivity index (χ0v) is 44.0. The van der Waals surface area contributed by atoms with Crippen molar-refractivity contribution in [1.29, 1.82) is 0 Å². The molecule has 22 heteroatoms. The summed E-state index contributed by atoms with van der Waals surface area (Å²) in [7, 11) is -1.40. The third-order valence-corrected chi connectivity index (χ3v) is 14.8. The van der Waals surface area contributed by atoms with Gasteiger partial charge in [-0.1, -0.05) is 34.1 Å². The van der Waals surface area contributed by atoms with E-state index in [0.29, 0.717) is 67.1 Å². The highest BCUT2D eigenvalue weighted by molar-refractivity contribution is 9.10. The maximum atomic E-state index is 13.4. The van der Waals surface area contributed by atoms with Crippen LogP contribution in [0.5, 0.6) is 11.8 Å². The molecule has 2 saturated heterocycles. The van der Waals surface area contributed by atoms with E-state index in [4.69, 9.17) is 48.9 Å². The molecule has 8 aromatic heterocycles. The van der Waals surface area contributed by atoms with E-state index in [1.807, 2.05) is 76.0 Å². The quantitative estimate of drug-likeness (QED) is 0.111. The van der Waals surface area contributed by atoms with Gasteiger partial charge in [-0.3, -0.25) is 38.2 Å². The molecule has 0 bridgehead atoms. The van der Waals surface area contributed by atoms with Gasteiger partial charge in [0.2, 0.25) is 11.8 Å². The Kier molecular flexibility index (Phi) is 14.8. The zero-order valence-electron chi connectivity index (χ0n) is 42.4. The van der Waals surface area contributed by atoms with Crippen molar-refractivity contribution in [3.05, 3.63) is 159 Å². The summed E-state index contributed by atoms with van der Waals surface area (Å²) < 4.78 is 31.6. The molecule has 10 aromatic rings. The number of benzene rings is 2. The Labute approximate surface area is 455 Å². The molecule has 0 radical (unpaired) electrons. The molecule has 2 aliphatic heterocycles. The monoisotopic (exact) mass is 1110 g/mol. The number of imidazole rings is 2. The fourth-order valence-corrected chi connectivity index (χ4v) is 10.3. The van der Waals surface area contributed by atoms with Crippen LogP contribution in [-0.4, -0.2) is 115 Å². The summed E-state index contributed by atoms with van der Waals surface area (Å²) in [4.78, 5) is 62.3. The molecule has 2 unspecified atom stereocenters. The number of pyridine rings is 4. The van der Waals surface area contributed by atoms with Crippen molar-refractivity contribution in [3.8, 4) is 22.9 Å². The van der Waals surface area contributed by atoms with Crippen LogP contribution in [0.2, 0.25) is 0 Å². The van der Waals surface area contributed by atoms with Gasteiger partial charge in [0, 0.05) is 89.8 Å². The predicted molar refractivity (Wildman–Crippen MR) is 296 cm³/mol. The SMILES string of the molecule is O=c1n(Cc2nc(OCC3CCOC3)c3cc(-c4cccnc4)ccc3n2)c2cnccc2n1C1CC1.O=c1n(Cc2nc(OCC3CCOC3)c3cc(Br)ccc3n2)c2cnccc2n1C1CC1.OB(O)c1cccnc1. The smallest absolute Gasteiger partial charge is 0.477 e. The molecule has 20 nitrogen and oxygen atoms in total. The average Bonchev–Trinajstić information content (AvgIpc) is 4.34. The molecular weight excluding hydrogens is 1060 g/mol. The van der Waals surface area contributed by atoms with Crippen LogP contribution in [0, 0.1) is 11.8 Å². The first-order chi connectivity index (χ1) is 38.2. The second kappa shape index (κ2) is 22.7. The van der Waals surface area contributed by atoms with Gasteiger partial charge in [-0.05, 0) is 98.7 Å². The molecule has 2 aromatic carbocycles. The van der Waals surface area contributed by atoms with E-state index in [0.717, 1.165) is 111 Å². The minimum atomic E-state index is -1.40. The number of aromatic nitrogens is 12. The van der Waals surface area contributed by atoms with Crippen molar-refractivity contribution in [1.82, 2.24) is 58.1 Å². The Balaban J connectivity index is 0.000000136. The highest BCUT2D eigenvalue weighted by Gasteiger charge is 2.31. The second-order valence-electron chi connectivity index (χ2n) is 19.9. The molecule has 0 amide bonds. The van der Waals surface area contributed by atoms with Crippen LogP contribution in [0.3, 0.4) is 0 Å². The summed E-state index contributed by atoms with van der Waals surface area (Å²) in [6, 6.07) is 23.4. The highest BCUT2D eigenvalue weighted by Crippen LogP contribution is 2.38. The van der Waals surface area contributed by atoms with Gasteiger partial charge in [-0.15, -0.1) is 0 Å². The number of halogens is 1. The summed E-state index contributed by atoms with van der Waals surface area (Å²) in [5, 5.41) is 18.8. The van der Waals surface area contributed by atoms with Gasteiger partial charge in [0.15, 0.2) is 11.6 Å². The Hall–Kier alpha value is -7.76. The first-order valence-corrected chi connectivity index (χ1v) is 27.0. The fourth-order valence-electron chi connectivity index (χ4n) is 9.90. The van der Waals surface area contributed by atoms with Crippen molar-refractivity contribution in [3.63, 3.8) is 0 Å². The molecule has 78 heavy (non-hydrogen) atoms. The fraction of sp³-hybridized carbons (Fsp3) is 0.321. The zero-order chi connectivity index (χ0) is 53.1. The summed E-state index contributed by atoms with van der Waals surface area (Å²) in [5.74, 6) is 2.82. The van der Waals surface area contributed by atoms with Gasteiger partial charge < -0.3 is 29.0 Å². The van der Waals surface area contributed by atoms with Crippen LogP contribution in [-0.2, 0) is 22.6 Å². The first kappa shape index (κ1) is 51.0. The van der Waals surface area contributed by atoms with Crippen molar-refractivity contribution < 1.29 is 29.0 Å². The standard InChI is InChI=1S/C28H26N6O3.C23H22BrN5O3.C5H6BNO2/c35-28-33(25-14-30-10-7-24(25)34(28)21-4-5-21)15-26-31-23-6-3-19(20-2-1-9-29-13-20)12-22(23)27(32-26)37-17-18-8-11-36-16-18;24-15-1-4-18-17(9-15)22(32-13-14-6-8-31-12-14)27-21(26-18)11-28-20-10-25-7-5-19(20)29(23(28)30)16-2-3-16;8-6(9)5-2-1-3-7-4-5/h1-3,6-7,9-10,12-14,18,21H,4-5,8,11,15-17H2;1,4-5,7,9-10,14,16H,2-3,6,8,11-13H2;1-4,8-9H. The normalized spacial score (nSPS) is 17.0. The highest BCUT2D eigenvalue weighted by atomic mass is 79.9. The lowest BCUT2D eigenvalue weighted by Crippen LogP contribution is -2.29. The molecule has 4 aliphatic rings. The van der Waals surface area contributed by atoms with Crippen LogP contribution in [0.15, 0.2) is 136 Å². The van der Waals surface area contributed by atoms with Crippen LogP contribution in [0.25, 0.3) is 55.0 Å². The second-order valence-corrected chi connectivity index (χ2v) is 20.9. The molecule has 10 heterocycles. The van der Waals surface area contributed by atoms with Gasteiger partial charge in [0.05, 0.1) is 95.8 Å². The largest absolute Gasteiger partial charge is 0.490 e. The lowest BCUT2D eigenvalue weighted by Gasteiger charge is -2.14. The maximum Gasteiger partial charge on any atom is 0.490 e. The number of hydrogen-bond acceptors (Lipinski definition) is 16. The molecule has 2 atom stereocenters. The first-order valence-electron chi connectivity index (χ1n) is 26.2. The number of hydrogen-bond donors (Lipinski definition) is 2. The van der Waals surface area contributed by atoms with E-state index < -0.39 is 7.12 Å². The lowest BCUT2D eigenvalue weighted by molar-refractivity contribution is 0.166. The van der Waals surface area contributed by atoms with Gasteiger partial charge >= 0.3 is 18.5 Å². The minimum absolute atomic E-state index is 0.0411. The van der Waals surface area contributed by atoms with Crippen LogP contribution >= 0.6 is 15.9 Å². The maximum absolute atomic E-state index is 13.4. The van der Waals surface area contributed by atoms with E-state index in [9.17, 15) is 9.59 Å². The van der Waals surface area contributed by atoms with Gasteiger partial charge in [-0.25, -0.2) is 19.6 Å². The van der Waals surface area contributed by atoms with E-state index in [1.54, 1.807) is 58.4 Å². The summed E-state index contributed by atoms with van der Waals surface area (Å²) >= 11 is 3.53. The Morgan fingerprint density at radius 1 is 0.564 bits per heavy atom. The van der Waals surface area contributed by atoms with Gasteiger partial charge in [-0.2, -0.15) is 9.97 Å². The van der Waals surface area contributed by atoms with E-state index in [-0.39, 0.29) is 36.6 Å². The molecule has 2 aliphatic carbocycles. The average molecular weight is 1110 g/mol. The summed E-state index contributed by atoms with van der Waals surface area (Å²) in [6.45, 7) is 4.51. The van der Waals surface area contributed by atoms with E-state index in [1.165, 1.54) is 6.20 Å². The summed E-state index contributed by atoms with van der Waals surface area (Å²) in [6.07, 6.45) is 19.6. The summed E-state index contributed by atoms with van der Waals surface area (Å²) in [5.41, 5.74) is 7.31. The van der Waals surface area contributed by atoms with Crippen LogP contribution in [0.1, 0.15) is 62.3 Å². The topological polar surface area (TPSA) is 234 Å². The number of ether oxygens (including phenoxy) is 4.